The van der Waals surface area contributed by atoms with Gasteiger partial charge in [0.05, 0.1) is 0 Å². The van der Waals surface area contributed by atoms with Crippen LogP contribution in [0.4, 0.5) is 0 Å². The molecule has 0 aromatic heterocycles. The molecule has 0 amide bonds. The zero-order valence-corrected chi connectivity index (χ0v) is 8.30. The minimum Gasteiger partial charge on any atom is -0.432 e. The van der Waals surface area contributed by atoms with Crippen molar-refractivity contribution in [3.05, 3.63) is 24.0 Å². The highest BCUT2D eigenvalue weighted by molar-refractivity contribution is 5.67. The number of rotatable bonds is 2. The van der Waals surface area contributed by atoms with E-state index in [1.165, 1.54) is 12.5 Å². The van der Waals surface area contributed by atoms with Crippen LogP contribution in [0, 0.1) is 5.92 Å². The Labute approximate surface area is 79.3 Å². The van der Waals surface area contributed by atoms with Gasteiger partial charge in [-0.3, -0.25) is 4.79 Å². The minimum absolute atomic E-state index is 0.222. The first-order valence-corrected chi connectivity index (χ1v) is 4.62. The quantitative estimate of drug-likeness (QED) is 0.482. The van der Waals surface area contributed by atoms with Crippen LogP contribution >= 0.6 is 0 Å². The standard InChI is InChI=1S/C11H16O2/c1-8(2)10-4-6-11(7-5-10)13-9(3)12/h6,10H,1,4-5,7H2,2-3H3. The second-order valence-corrected chi connectivity index (χ2v) is 3.58. The predicted octanol–water partition coefficient (Wildman–Crippen LogP) is 2.81. The lowest BCUT2D eigenvalue weighted by Gasteiger charge is -2.21. The summed E-state index contributed by atoms with van der Waals surface area (Å²) >= 11 is 0. The number of carbonyl (C=O) groups excluding carboxylic acids is 1. The monoisotopic (exact) mass is 180 g/mol. The molecule has 0 N–H and O–H groups in total. The van der Waals surface area contributed by atoms with Crippen LogP contribution < -0.4 is 0 Å². The lowest BCUT2D eigenvalue weighted by atomic mass is 9.88. The number of hydrogen-bond donors (Lipinski definition) is 0. The lowest BCUT2D eigenvalue weighted by molar-refractivity contribution is -0.137. The molecule has 0 heterocycles. The Morgan fingerprint density at radius 3 is 2.69 bits per heavy atom. The second kappa shape index (κ2) is 4.26. The van der Waals surface area contributed by atoms with Crippen LogP contribution in [0.2, 0.25) is 0 Å². The highest BCUT2D eigenvalue weighted by atomic mass is 16.5. The zero-order chi connectivity index (χ0) is 9.84. The van der Waals surface area contributed by atoms with Crippen molar-refractivity contribution in [1.82, 2.24) is 0 Å². The molecule has 0 spiro atoms. The van der Waals surface area contributed by atoms with Crippen molar-refractivity contribution in [2.24, 2.45) is 5.92 Å². The van der Waals surface area contributed by atoms with Crippen LogP contribution in [-0.4, -0.2) is 5.97 Å². The molecular formula is C11H16O2. The third-order valence-corrected chi connectivity index (χ3v) is 2.34. The summed E-state index contributed by atoms with van der Waals surface area (Å²) in [7, 11) is 0. The van der Waals surface area contributed by atoms with Crippen molar-refractivity contribution in [2.45, 2.75) is 33.1 Å². The molecular weight excluding hydrogens is 164 g/mol. The highest BCUT2D eigenvalue weighted by Crippen LogP contribution is 2.28. The first-order chi connectivity index (χ1) is 6.09. The first kappa shape index (κ1) is 10.0. The van der Waals surface area contributed by atoms with E-state index < -0.39 is 0 Å². The molecule has 0 aromatic rings. The van der Waals surface area contributed by atoms with Gasteiger partial charge in [-0.25, -0.2) is 0 Å². The molecule has 1 aliphatic rings. The predicted molar refractivity (Wildman–Crippen MR) is 52.0 cm³/mol. The van der Waals surface area contributed by atoms with Crippen LogP contribution in [0.15, 0.2) is 24.0 Å². The number of esters is 1. The molecule has 0 aliphatic heterocycles. The highest BCUT2D eigenvalue weighted by Gasteiger charge is 2.16. The summed E-state index contributed by atoms with van der Waals surface area (Å²) in [5.74, 6) is 1.17. The van der Waals surface area contributed by atoms with E-state index >= 15 is 0 Å². The molecule has 2 heteroatoms. The maximum Gasteiger partial charge on any atom is 0.307 e. The number of carbonyl (C=O) groups is 1. The van der Waals surface area contributed by atoms with Gasteiger partial charge in [-0.15, -0.1) is 0 Å². The Hall–Kier alpha value is -1.05. The van der Waals surface area contributed by atoms with E-state index in [1.54, 1.807) is 0 Å². The Kier molecular flexibility index (Phi) is 3.29. The molecule has 0 saturated heterocycles. The normalized spacial score (nSPS) is 22.0. The number of hydrogen-bond acceptors (Lipinski definition) is 2. The van der Waals surface area contributed by atoms with E-state index in [0.29, 0.717) is 5.92 Å². The van der Waals surface area contributed by atoms with Crippen molar-refractivity contribution in [3.63, 3.8) is 0 Å². The SMILES string of the molecule is C=C(C)C1CC=C(OC(C)=O)CC1. The van der Waals surface area contributed by atoms with Gasteiger partial charge in [-0.05, 0) is 31.8 Å². The fourth-order valence-corrected chi connectivity index (χ4v) is 1.54. The fourth-order valence-electron chi connectivity index (χ4n) is 1.54. The number of allylic oxidation sites excluding steroid dienone is 3. The average Bonchev–Trinajstić information content (AvgIpc) is 2.04. The van der Waals surface area contributed by atoms with E-state index in [2.05, 4.69) is 13.5 Å². The summed E-state index contributed by atoms with van der Waals surface area (Å²) in [6.45, 7) is 7.41. The molecule has 13 heavy (non-hydrogen) atoms. The van der Waals surface area contributed by atoms with E-state index in [9.17, 15) is 4.79 Å². The Balaban J connectivity index is 2.47. The van der Waals surface area contributed by atoms with Gasteiger partial charge in [-0.1, -0.05) is 12.2 Å². The summed E-state index contributed by atoms with van der Waals surface area (Å²) in [6, 6.07) is 0. The van der Waals surface area contributed by atoms with Crippen LogP contribution in [0.5, 0.6) is 0 Å². The average molecular weight is 180 g/mol. The van der Waals surface area contributed by atoms with E-state index in [0.717, 1.165) is 25.0 Å². The molecule has 72 valence electrons. The fraction of sp³-hybridized carbons (Fsp3) is 0.545. The van der Waals surface area contributed by atoms with Gasteiger partial charge < -0.3 is 4.74 Å². The largest absolute Gasteiger partial charge is 0.432 e. The summed E-state index contributed by atoms with van der Waals surface area (Å²) in [6.07, 6.45) is 4.87. The van der Waals surface area contributed by atoms with Crippen molar-refractivity contribution in [2.75, 3.05) is 0 Å². The van der Waals surface area contributed by atoms with E-state index in [1.807, 2.05) is 6.08 Å². The number of ether oxygens (including phenoxy) is 1. The maximum absolute atomic E-state index is 10.6. The van der Waals surface area contributed by atoms with Crippen LogP contribution in [0.1, 0.15) is 33.1 Å². The van der Waals surface area contributed by atoms with E-state index in [-0.39, 0.29) is 5.97 Å². The summed E-state index contributed by atoms with van der Waals surface area (Å²) in [4.78, 5) is 10.6. The van der Waals surface area contributed by atoms with E-state index in [4.69, 9.17) is 4.74 Å². The van der Waals surface area contributed by atoms with Gasteiger partial charge in [0.2, 0.25) is 0 Å². The van der Waals surface area contributed by atoms with Gasteiger partial charge in [0, 0.05) is 13.3 Å². The summed E-state index contributed by atoms with van der Waals surface area (Å²) in [5.41, 5.74) is 1.22. The summed E-state index contributed by atoms with van der Waals surface area (Å²) in [5, 5.41) is 0. The Morgan fingerprint density at radius 2 is 2.31 bits per heavy atom. The molecule has 2 nitrogen and oxygen atoms in total. The van der Waals surface area contributed by atoms with Crippen LogP contribution in [0.25, 0.3) is 0 Å². The first-order valence-electron chi connectivity index (χ1n) is 4.62. The van der Waals surface area contributed by atoms with Gasteiger partial charge >= 0.3 is 5.97 Å². The maximum atomic E-state index is 10.6. The second-order valence-electron chi connectivity index (χ2n) is 3.58. The van der Waals surface area contributed by atoms with Crippen molar-refractivity contribution in [3.8, 4) is 0 Å². The molecule has 0 radical (unpaired) electrons. The van der Waals surface area contributed by atoms with Gasteiger partial charge in [0.1, 0.15) is 5.76 Å². The Bertz CT molecular complexity index is 251. The topological polar surface area (TPSA) is 26.3 Å². The molecule has 1 aliphatic carbocycles. The third-order valence-electron chi connectivity index (χ3n) is 2.34. The third kappa shape index (κ3) is 3.05. The van der Waals surface area contributed by atoms with Gasteiger partial charge in [0.25, 0.3) is 0 Å². The van der Waals surface area contributed by atoms with Crippen molar-refractivity contribution in [1.29, 1.82) is 0 Å². The smallest absolute Gasteiger partial charge is 0.307 e. The minimum atomic E-state index is -0.222. The molecule has 0 saturated carbocycles. The van der Waals surface area contributed by atoms with Gasteiger partial charge in [-0.2, -0.15) is 0 Å². The molecule has 0 aromatic carbocycles. The molecule has 1 atom stereocenters. The summed E-state index contributed by atoms with van der Waals surface area (Å²) < 4.78 is 5.01. The molecule has 1 rings (SSSR count). The zero-order valence-electron chi connectivity index (χ0n) is 8.30. The van der Waals surface area contributed by atoms with Crippen molar-refractivity contribution >= 4 is 5.97 Å². The lowest BCUT2D eigenvalue weighted by Crippen LogP contribution is -2.09. The molecule has 1 unspecified atom stereocenters. The van der Waals surface area contributed by atoms with Crippen molar-refractivity contribution < 1.29 is 9.53 Å². The molecule has 0 bridgehead atoms. The van der Waals surface area contributed by atoms with Gasteiger partial charge in [0.15, 0.2) is 0 Å². The molecule has 0 fully saturated rings. The van der Waals surface area contributed by atoms with Crippen LogP contribution in [0.3, 0.4) is 0 Å². The van der Waals surface area contributed by atoms with Crippen LogP contribution in [-0.2, 0) is 9.53 Å². The Morgan fingerprint density at radius 1 is 1.62 bits per heavy atom.